The lowest BCUT2D eigenvalue weighted by atomic mass is 10.1. The van der Waals surface area contributed by atoms with Gasteiger partial charge in [-0.05, 0) is 25.1 Å². The van der Waals surface area contributed by atoms with Crippen molar-refractivity contribution in [2.45, 2.75) is 19.4 Å². The molecule has 1 aliphatic rings. The molecule has 1 heterocycles. The van der Waals surface area contributed by atoms with Gasteiger partial charge in [-0.25, -0.2) is 0 Å². The summed E-state index contributed by atoms with van der Waals surface area (Å²) in [6, 6.07) is 5.87. The van der Waals surface area contributed by atoms with Crippen LogP contribution in [0.15, 0.2) is 18.2 Å². The topological polar surface area (TPSA) is 42.2 Å². The summed E-state index contributed by atoms with van der Waals surface area (Å²) in [6.07, 6.45) is 4.29. The normalized spacial score (nSPS) is 17.9. The number of benzene rings is 1. The molecule has 2 rings (SSSR count). The molecule has 0 fully saturated rings. The maximum Gasteiger partial charge on any atom is 0.126 e. The Balaban J connectivity index is 2.43. The van der Waals surface area contributed by atoms with Crippen molar-refractivity contribution in [3.05, 3.63) is 29.3 Å². The van der Waals surface area contributed by atoms with E-state index in [9.17, 15) is 0 Å². The Morgan fingerprint density at radius 2 is 2.38 bits per heavy atom. The van der Waals surface area contributed by atoms with Crippen LogP contribution in [0.5, 0.6) is 11.5 Å². The molecule has 82 valence electrons. The minimum atomic E-state index is 0.218. The lowest BCUT2D eigenvalue weighted by Crippen LogP contribution is -2.05. The SMILES string of the molecule is COc1cc2c(cc1/C=C/C#N)OC(C)C2. The van der Waals surface area contributed by atoms with Crippen LogP contribution >= 0.6 is 0 Å². The fraction of sp³-hybridized carbons (Fsp3) is 0.308. The van der Waals surface area contributed by atoms with Crippen molar-refractivity contribution in [3.8, 4) is 17.6 Å². The van der Waals surface area contributed by atoms with E-state index >= 15 is 0 Å². The van der Waals surface area contributed by atoms with Crippen LogP contribution in [0.2, 0.25) is 0 Å². The van der Waals surface area contributed by atoms with Crippen LogP contribution in [0.3, 0.4) is 0 Å². The van der Waals surface area contributed by atoms with Crippen molar-refractivity contribution in [2.24, 2.45) is 0 Å². The maximum absolute atomic E-state index is 8.52. The molecular formula is C13H13NO2. The lowest BCUT2D eigenvalue weighted by Gasteiger charge is -2.07. The summed E-state index contributed by atoms with van der Waals surface area (Å²) in [7, 11) is 1.63. The van der Waals surface area contributed by atoms with E-state index in [0.29, 0.717) is 0 Å². The summed E-state index contributed by atoms with van der Waals surface area (Å²) in [5.74, 6) is 1.67. The van der Waals surface area contributed by atoms with Gasteiger partial charge >= 0.3 is 0 Å². The number of methoxy groups -OCH3 is 1. The quantitative estimate of drug-likeness (QED) is 0.712. The molecule has 0 amide bonds. The molecule has 0 saturated carbocycles. The molecule has 3 heteroatoms. The van der Waals surface area contributed by atoms with Crippen LogP contribution in [-0.2, 0) is 6.42 Å². The fourth-order valence-electron chi connectivity index (χ4n) is 1.89. The van der Waals surface area contributed by atoms with Crippen LogP contribution < -0.4 is 9.47 Å². The van der Waals surface area contributed by atoms with Crippen LogP contribution in [0.1, 0.15) is 18.1 Å². The predicted octanol–water partition coefficient (Wildman–Crippen LogP) is 2.56. The third-order valence-corrected chi connectivity index (χ3v) is 2.59. The average molecular weight is 215 g/mol. The minimum absolute atomic E-state index is 0.218. The molecule has 3 nitrogen and oxygen atoms in total. The Morgan fingerprint density at radius 3 is 3.06 bits per heavy atom. The summed E-state index contributed by atoms with van der Waals surface area (Å²) in [4.78, 5) is 0. The third-order valence-electron chi connectivity index (χ3n) is 2.59. The minimum Gasteiger partial charge on any atom is -0.496 e. The van der Waals surface area contributed by atoms with Gasteiger partial charge in [-0.3, -0.25) is 0 Å². The van der Waals surface area contributed by atoms with Gasteiger partial charge in [-0.15, -0.1) is 0 Å². The van der Waals surface area contributed by atoms with Crippen molar-refractivity contribution in [1.82, 2.24) is 0 Å². The standard InChI is InChI=1S/C13H13NO2/c1-9-6-11-8-12(15-2)10(4-3-5-14)7-13(11)16-9/h3-4,7-9H,6H2,1-2H3/b4-3+. The number of allylic oxidation sites excluding steroid dienone is 1. The lowest BCUT2D eigenvalue weighted by molar-refractivity contribution is 0.254. The van der Waals surface area contributed by atoms with Crippen molar-refractivity contribution in [2.75, 3.05) is 7.11 Å². The summed E-state index contributed by atoms with van der Waals surface area (Å²) < 4.78 is 10.9. The molecule has 0 saturated heterocycles. The number of fused-ring (bicyclic) bond motifs is 1. The molecule has 1 atom stereocenters. The molecule has 1 aromatic carbocycles. The molecule has 0 aliphatic carbocycles. The molecule has 16 heavy (non-hydrogen) atoms. The average Bonchev–Trinajstić information content (AvgIpc) is 2.63. The summed E-state index contributed by atoms with van der Waals surface area (Å²) in [5, 5.41) is 8.52. The summed E-state index contributed by atoms with van der Waals surface area (Å²) in [5.41, 5.74) is 2.04. The molecule has 1 aliphatic heterocycles. The highest BCUT2D eigenvalue weighted by Crippen LogP contribution is 2.35. The van der Waals surface area contributed by atoms with E-state index in [1.165, 1.54) is 11.6 Å². The van der Waals surface area contributed by atoms with Gasteiger partial charge in [-0.1, -0.05) is 0 Å². The van der Waals surface area contributed by atoms with Crippen LogP contribution in [0, 0.1) is 11.3 Å². The Bertz CT molecular complexity index is 472. The van der Waals surface area contributed by atoms with E-state index in [1.807, 2.05) is 25.1 Å². The number of hydrogen-bond donors (Lipinski definition) is 0. The molecule has 0 spiro atoms. The first-order valence-electron chi connectivity index (χ1n) is 5.18. The molecular weight excluding hydrogens is 202 g/mol. The largest absolute Gasteiger partial charge is 0.496 e. The van der Waals surface area contributed by atoms with Crippen LogP contribution in [-0.4, -0.2) is 13.2 Å². The van der Waals surface area contributed by atoms with Gasteiger partial charge in [-0.2, -0.15) is 5.26 Å². The van der Waals surface area contributed by atoms with Gasteiger partial charge in [0.2, 0.25) is 0 Å². The highest BCUT2D eigenvalue weighted by Gasteiger charge is 2.20. The fourth-order valence-corrected chi connectivity index (χ4v) is 1.89. The molecule has 0 N–H and O–H groups in total. The Hall–Kier alpha value is -1.95. The summed E-state index contributed by atoms with van der Waals surface area (Å²) in [6.45, 7) is 2.04. The smallest absolute Gasteiger partial charge is 0.126 e. The van der Waals surface area contributed by atoms with E-state index in [-0.39, 0.29) is 6.10 Å². The summed E-state index contributed by atoms with van der Waals surface area (Å²) >= 11 is 0. The molecule has 1 aromatic rings. The number of nitriles is 1. The Labute approximate surface area is 94.9 Å². The van der Waals surface area contributed by atoms with Crippen molar-refractivity contribution >= 4 is 6.08 Å². The van der Waals surface area contributed by atoms with E-state index in [4.69, 9.17) is 14.7 Å². The number of rotatable bonds is 2. The number of ether oxygens (including phenoxy) is 2. The zero-order chi connectivity index (χ0) is 11.5. The van der Waals surface area contributed by atoms with E-state index in [2.05, 4.69) is 0 Å². The zero-order valence-corrected chi connectivity index (χ0v) is 9.36. The molecule has 0 radical (unpaired) electrons. The second kappa shape index (κ2) is 4.28. The second-order valence-corrected chi connectivity index (χ2v) is 3.80. The second-order valence-electron chi connectivity index (χ2n) is 3.80. The number of nitrogens with zero attached hydrogens (tertiary/aromatic N) is 1. The highest BCUT2D eigenvalue weighted by atomic mass is 16.5. The Morgan fingerprint density at radius 1 is 1.56 bits per heavy atom. The van der Waals surface area contributed by atoms with Gasteiger partial charge in [0.05, 0.1) is 13.2 Å². The zero-order valence-electron chi connectivity index (χ0n) is 9.36. The number of hydrogen-bond acceptors (Lipinski definition) is 3. The molecule has 1 unspecified atom stereocenters. The Kier molecular flexibility index (Phi) is 2.82. The van der Waals surface area contributed by atoms with Gasteiger partial charge in [0.15, 0.2) is 0 Å². The predicted molar refractivity (Wildman–Crippen MR) is 61.4 cm³/mol. The van der Waals surface area contributed by atoms with Crippen molar-refractivity contribution in [1.29, 1.82) is 5.26 Å². The van der Waals surface area contributed by atoms with Gasteiger partial charge in [0, 0.05) is 23.6 Å². The first-order valence-corrected chi connectivity index (χ1v) is 5.18. The van der Waals surface area contributed by atoms with E-state index in [0.717, 1.165) is 23.5 Å². The van der Waals surface area contributed by atoms with E-state index < -0.39 is 0 Å². The van der Waals surface area contributed by atoms with Gasteiger partial charge < -0.3 is 9.47 Å². The van der Waals surface area contributed by atoms with Crippen molar-refractivity contribution < 1.29 is 9.47 Å². The van der Waals surface area contributed by atoms with Crippen LogP contribution in [0.25, 0.3) is 6.08 Å². The molecule has 0 aromatic heterocycles. The van der Waals surface area contributed by atoms with Crippen molar-refractivity contribution in [3.63, 3.8) is 0 Å². The monoisotopic (exact) mass is 215 g/mol. The van der Waals surface area contributed by atoms with Crippen LogP contribution in [0.4, 0.5) is 0 Å². The first kappa shape index (κ1) is 10.6. The van der Waals surface area contributed by atoms with Gasteiger partial charge in [0.1, 0.15) is 17.6 Å². The first-order chi connectivity index (χ1) is 7.74. The maximum atomic E-state index is 8.52. The van der Waals surface area contributed by atoms with Gasteiger partial charge in [0.25, 0.3) is 0 Å². The highest BCUT2D eigenvalue weighted by molar-refractivity contribution is 5.63. The molecule has 0 bridgehead atoms. The third kappa shape index (κ3) is 1.87. The van der Waals surface area contributed by atoms with E-state index in [1.54, 1.807) is 13.2 Å².